The van der Waals surface area contributed by atoms with E-state index in [0.717, 1.165) is 5.56 Å². The summed E-state index contributed by atoms with van der Waals surface area (Å²) in [6.07, 6.45) is 0.643. The quantitative estimate of drug-likeness (QED) is 0.769. The van der Waals surface area contributed by atoms with Gasteiger partial charge in [-0.2, -0.15) is 0 Å². The van der Waals surface area contributed by atoms with Crippen LogP contribution in [0.15, 0.2) is 24.3 Å². The van der Waals surface area contributed by atoms with Crippen LogP contribution in [0.1, 0.15) is 31.9 Å². The molecule has 4 heteroatoms. The third-order valence-electron chi connectivity index (χ3n) is 2.75. The van der Waals surface area contributed by atoms with Crippen molar-refractivity contribution in [3.8, 4) is 5.75 Å². The number of nitrogens with one attached hydrogen (secondary N) is 1. The first-order valence-electron chi connectivity index (χ1n) is 5.71. The minimum atomic E-state index is -0.352. The van der Waals surface area contributed by atoms with Gasteiger partial charge in [-0.3, -0.25) is 10.1 Å². The van der Waals surface area contributed by atoms with Crippen LogP contribution in [0.5, 0.6) is 5.75 Å². The number of phenolic OH excluding ortho intramolecular Hbond substituents is 1. The molecule has 4 nitrogen and oxygen atoms in total. The maximum atomic E-state index is 11.4. The van der Waals surface area contributed by atoms with E-state index < -0.39 is 0 Å². The van der Waals surface area contributed by atoms with E-state index in [9.17, 15) is 9.90 Å². The van der Waals surface area contributed by atoms with Gasteiger partial charge in [0.15, 0.2) is 0 Å². The van der Waals surface area contributed by atoms with Crippen molar-refractivity contribution in [1.82, 2.24) is 5.32 Å². The van der Waals surface area contributed by atoms with Gasteiger partial charge >= 0.3 is 5.97 Å². The van der Waals surface area contributed by atoms with E-state index in [1.807, 2.05) is 26.0 Å². The minimum Gasteiger partial charge on any atom is -0.508 e. The van der Waals surface area contributed by atoms with Crippen molar-refractivity contribution in [1.29, 1.82) is 0 Å². The fourth-order valence-electron chi connectivity index (χ4n) is 1.74. The number of phenols is 1. The first-order chi connectivity index (χ1) is 8.10. The van der Waals surface area contributed by atoms with Crippen LogP contribution in [0, 0.1) is 0 Å². The minimum absolute atomic E-state index is 0.111. The van der Waals surface area contributed by atoms with Crippen LogP contribution in [0.3, 0.4) is 0 Å². The van der Waals surface area contributed by atoms with Crippen LogP contribution in [0.4, 0.5) is 0 Å². The topological polar surface area (TPSA) is 58.6 Å². The molecule has 0 aliphatic heterocycles. The van der Waals surface area contributed by atoms with Crippen LogP contribution in [-0.2, 0) is 9.53 Å². The predicted octanol–water partition coefficient (Wildman–Crippen LogP) is 1.99. The molecule has 0 aromatic heterocycles. The predicted molar refractivity (Wildman–Crippen MR) is 65.8 cm³/mol. The summed E-state index contributed by atoms with van der Waals surface area (Å²) in [4.78, 5) is 11.4. The Balaban J connectivity index is 2.74. The maximum absolute atomic E-state index is 11.4. The summed E-state index contributed by atoms with van der Waals surface area (Å²) in [6, 6.07) is 6.62. The van der Waals surface area contributed by atoms with E-state index in [1.165, 1.54) is 7.11 Å². The van der Waals surface area contributed by atoms with E-state index in [0.29, 0.717) is 6.42 Å². The second-order valence-corrected chi connectivity index (χ2v) is 3.93. The number of esters is 1. The number of carbonyl (C=O) groups excluding carboxylic acids is 1. The zero-order chi connectivity index (χ0) is 12.8. The molecular formula is C13H19NO3. The van der Waals surface area contributed by atoms with Crippen LogP contribution in [0.2, 0.25) is 0 Å². The van der Waals surface area contributed by atoms with Crippen molar-refractivity contribution < 1.29 is 14.6 Å². The first-order valence-corrected chi connectivity index (χ1v) is 5.71. The lowest BCUT2D eigenvalue weighted by atomic mass is 10.1. The molecule has 1 aromatic carbocycles. The fourth-order valence-corrected chi connectivity index (χ4v) is 1.74. The number of hydrogen-bond acceptors (Lipinski definition) is 4. The summed E-state index contributed by atoms with van der Waals surface area (Å²) < 4.78 is 4.71. The molecule has 17 heavy (non-hydrogen) atoms. The molecule has 0 fully saturated rings. The normalized spacial score (nSPS) is 14.1. The molecule has 0 spiro atoms. The Bertz CT molecular complexity index is 379. The largest absolute Gasteiger partial charge is 0.508 e. The van der Waals surface area contributed by atoms with Crippen molar-refractivity contribution in [2.45, 2.75) is 32.4 Å². The highest BCUT2D eigenvalue weighted by molar-refractivity contribution is 5.75. The average molecular weight is 237 g/mol. The van der Waals surface area contributed by atoms with E-state index in [-0.39, 0.29) is 23.8 Å². The summed E-state index contributed by atoms with van der Waals surface area (Å²) in [5.74, 6) is -0.0537. The maximum Gasteiger partial charge on any atom is 0.322 e. The molecule has 0 aliphatic carbocycles. The van der Waals surface area contributed by atoms with E-state index in [1.54, 1.807) is 12.1 Å². The summed E-state index contributed by atoms with van der Waals surface area (Å²) >= 11 is 0. The average Bonchev–Trinajstić information content (AvgIpc) is 2.35. The fraction of sp³-hybridized carbons (Fsp3) is 0.462. The third kappa shape index (κ3) is 3.46. The van der Waals surface area contributed by atoms with Gasteiger partial charge in [0.05, 0.1) is 7.11 Å². The molecule has 0 bridgehead atoms. The lowest BCUT2D eigenvalue weighted by molar-refractivity contribution is -0.143. The van der Waals surface area contributed by atoms with Crippen molar-refractivity contribution >= 4 is 5.97 Å². The number of rotatable bonds is 5. The number of aromatic hydroxyl groups is 1. The highest BCUT2D eigenvalue weighted by Gasteiger charge is 2.20. The molecule has 1 aromatic rings. The van der Waals surface area contributed by atoms with Crippen molar-refractivity contribution in [2.24, 2.45) is 0 Å². The van der Waals surface area contributed by atoms with Crippen LogP contribution in [-0.4, -0.2) is 24.2 Å². The highest BCUT2D eigenvalue weighted by Crippen LogP contribution is 2.23. The molecule has 0 aliphatic rings. The Morgan fingerprint density at radius 2 is 2.12 bits per heavy atom. The van der Waals surface area contributed by atoms with Gasteiger partial charge in [-0.25, -0.2) is 0 Å². The van der Waals surface area contributed by atoms with Crippen LogP contribution < -0.4 is 5.32 Å². The van der Waals surface area contributed by atoms with Gasteiger partial charge in [0.25, 0.3) is 0 Å². The Morgan fingerprint density at radius 3 is 2.65 bits per heavy atom. The van der Waals surface area contributed by atoms with Crippen molar-refractivity contribution in [3.63, 3.8) is 0 Å². The van der Waals surface area contributed by atoms with Crippen molar-refractivity contribution in [2.75, 3.05) is 7.11 Å². The third-order valence-corrected chi connectivity index (χ3v) is 2.75. The monoisotopic (exact) mass is 237 g/mol. The second kappa shape index (κ2) is 6.25. The molecule has 0 saturated carbocycles. The van der Waals surface area contributed by atoms with Gasteiger partial charge in [0, 0.05) is 11.6 Å². The molecule has 94 valence electrons. The van der Waals surface area contributed by atoms with E-state index in [4.69, 9.17) is 4.74 Å². The smallest absolute Gasteiger partial charge is 0.322 e. The van der Waals surface area contributed by atoms with Gasteiger partial charge in [-0.05, 0) is 19.4 Å². The summed E-state index contributed by atoms with van der Waals surface area (Å²) in [5, 5.41) is 12.8. The van der Waals surface area contributed by atoms with E-state index >= 15 is 0 Å². The Hall–Kier alpha value is -1.55. The van der Waals surface area contributed by atoms with Gasteiger partial charge < -0.3 is 9.84 Å². The van der Waals surface area contributed by atoms with Crippen molar-refractivity contribution in [3.05, 3.63) is 29.8 Å². The zero-order valence-electron chi connectivity index (χ0n) is 10.4. The number of carbonyl (C=O) groups is 1. The molecule has 2 unspecified atom stereocenters. The molecule has 1 rings (SSSR count). The molecule has 0 saturated heterocycles. The number of benzene rings is 1. The molecule has 2 N–H and O–H groups in total. The van der Waals surface area contributed by atoms with Crippen LogP contribution >= 0.6 is 0 Å². The first kappa shape index (κ1) is 13.5. The molecule has 0 amide bonds. The second-order valence-electron chi connectivity index (χ2n) is 3.93. The standard InChI is InChI=1S/C13H19NO3/c1-4-11(13(16)17-3)14-9(2)10-7-5-6-8-12(10)15/h5-9,11,14-15H,4H2,1-3H3. The van der Waals surface area contributed by atoms with Gasteiger partial charge in [-0.15, -0.1) is 0 Å². The van der Waals surface area contributed by atoms with Gasteiger partial charge in [0.2, 0.25) is 0 Å². The molecule has 0 heterocycles. The number of methoxy groups -OCH3 is 1. The lowest BCUT2D eigenvalue weighted by Crippen LogP contribution is -2.38. The summed E-state index contributed by atoms with van der Waals surface area (Å²) in [6.45, 7) is 3.81. The van der Waals surface area contributed by atoms with Gasteiger partial charge in [-0.1, -0.05) is 25.1 Å². The highest BCUT2D eigenvalue weighted by atomic mass is 16.5. The van der Waals surface area contributed by atoms with Crippen LogP contribution in [0.25, 0.3) is 0 Å². The molecular weight excluding hydrogens is 218 g/mol. The number of ether oxygens (including phenoxy) is 1. The Kier molecular flexibility index (Phi) is 4.97. The lowest BCUT2D eigenvalue weighted by Gasteiger charge is -2.21. The zero-order valence-corrected chi connectivity index (χ0v) is 10.4. The molecule has 2 atom stereocenters. The number of para-hydroxylation sites is 1. The Labute approximate surface area is 102 Å². The molecule has 0 radical (unpaired) electrons. The summed E-state index contributed by atoms with van der Waals surface area (Å²) in [7, 11) is 1.37. The van der Waals surface area contributed by atoms with E-state index in [2.05, 4.69) is 5.32 Å². The van der Waals surface area contributed by atoms with Gasteiger partial charge in [0.1, 0.15) is 11.8 Å². The summed E-state index contributed by atoms with van der Waals surface area (Å²) in [5.41, 5.74) is 0.773. The SMILES string of the molecule is CCC(NC(C)c1ccccc1O)C(=O)OC. The Morgan fingerprint density at radius 1 is 1.47 bits per heavy atom. The number of hydrogen-bond donors (Lipinski definition) is 2.